The number of hydrogen-bond acceptors (Lipinski definition) is 2. The number of para-hydroxylation sites is 2. The molecule has 0 N–H and O–H groups in total. The Labute approximate surface area is 361 Å². The second kappa shape index (κ2) is 14.2. The first kappa shape index (κ1) is 38.6. The highest BCUT2D eigenvalue weighted by Crippen LogP contribution is 2.67. The van der Waals surface area contributed by atoms with Crippen molar-refractivity contribution in [3.8, 4) is 11.1 Å². The topological polar surface area (TPSA) is 6.48 Å². The Morgan fingerprint density at radius 1 is 0.361 bits per heavy atom. The number of rotatable bonds is 6. The van der Waals surface area contributed by atoms with Crippen LogP contribution in [0.1, 0.15) is 63.8 Å². The fraction of sp³-hybridized carbons (Fsp3) is 0.186. The minimum atomic E-state index is -0.342. The van der Waals surface area contributed by atoms with Crippen molar-refractivity contribution in [1.82, 2.24) is 0 Å². The van der Waals surface area contributed by atoms with Gasteiger partial charge in [0, 0.05) is 39.5 Å². The molecule has 9 aromatic rings. The molecule has 0 bridgehead atoms. The van der Waals surface area contributed by atoms with Gasteiger partial charge in [-0.1, -0.05) is 150 Å². The molecule has 0 heterocycles. The molecule has 10 rings (SSSR count). The molecule has 0 radical (unpaired) electrons. The summed E-state index contributed by atoms with van der Waals surface area (Å²) in [6.45, 7) is 19.1. The lowest BCUT2D eigenvalue weighted by molar-refractivity contribution is 0.0965. The molecule has 1 aliphatic carbocycles. The van der Waals surface area contributed by atoms with E-state index in [9.17, 15) is 0 Å². The summed E-state index contributed by atoms with van der Waals surface area (Å²) in [5.74, 6) is 0. The third-order valence-electron chi connectivity index (χ3n) is 13.4. The molecule has 0 aromatic heterocycles. The predicted octanol–water partition coefficient (Wildman–Crippen LogP) is 17.1. The number of fused-ring (bicyclic) bond motifs is 9. The molecule has 2 nitrogen and oxygen atoms in total. The van der Waals surface area contributed by atoms with E-state index in [1.807, 2.05) is 0 Å². The van der Waals surface area contributed by atoms with Crippen LogP contribution in [0.2, 0.25) is 0 Å². The summed E-state index contributed by atoms with van der Waals surface area (Å²) < 4.78 is 0. The lowest BCUT2D eigenvalue weighted by atomic mass is 9.49. The Balaban J connectivity index is 1.26. The Morgan fingerprint density at radius 3 is 1.36 bits per heavy atom. The summed E-state index contributed by atoms with van der Waals surface area (Å²) in [7, 11) is 0. The molecule has 2 heteroatoms. The largest absolute Gasteiger partial charge is 0.310 e. The summed E-state index contributed by atoms with van der Waals surface area (Å²) >= 11 is 0. The van der Waals surface area contributed by atoms with Gasteiger partial charge in [0.05, 0.1) is 0 Å². The van der Waals surface area contributed by atoms with Crippen LogP contribution in [0.4, 0.5) is 34.1 Å². The van der Waals surface area contributed by atoms with Crippen LogP contribution in [0.15, 0.2) is 182 Å². The van der Waals surface area contributed by atoms with E-state index in [-0.39, 0.29) is 16.2 Å². The normalized spacial score (nSPS) is 13.4. The molecule has 0 fully saturated rings. The van der Waals surface area contributed by atoms with Crippen molar-refractivity contribution < 1.29 is 0 Å². The molecular formula is C59H54N2. The fourth-order valence-electron chi connectivity index (χ4n) is 11.2. The van der Waals surface area contributed by atoms with E-state index in [1.54, 1.807) is 0 Å². The van der Waals surface area contributed by atoms with Crippen molar-refractivity contribution in [2.24, 2.45) is 10.8 Å². The zero-order chi connectivity index (χ0) is 42.3. The maximum atomic E-state index is 2.56. The number of hydrogen-bond donors (Lipinski definition) is 0. The third-order valence-corrected chi connectivity index (χ3v) is 13.4. The first-order valence-corrected chi connectivity index (χ1v) is 21.8. The van der Waals surface area contributed by atoms with Crippen LogP contribution in [0.25, 0.3) is 43.4 Å². The molecule has 0 spiro atoms. The zero-order valence-electron chi connectivity index (χ0n) is 36.7. The SMILES string of the molecule is Cc1ccc(N(c2ccccc2)c2ccc3cc4c(cc3c2)C(C(C)(C)C)(C(C)(C)C)c2c-4c3ccccc3c3cc(N(c4ccccc4)c4ccc(C)cc4)ccc23)cc1. The summed E-state index contributed by atoms with van der Waals surface area (Å²) in [5.41, 5.74) is 14.3. The molecule has 300 valence electrons. The molecular weight excluding hydrogens is 737 g/mol. The van der Waals surface area contributed by atoms with E-state index >= 15 is 0 Å². The van der Waals surface area contributed by atoms with Crippen molar-refractivity contribution in [2.45, 2.75) is 60.8 Å². The minimum absolute atomic E-state index is 0.152. The number of benzene rings is 9. The van der Waals surface area contributed by atoms with Crippen LogP contribution < -0.4 is 9.80 Å². The van der Waals surface area contributed by atoms with Gasteiger partial charge in [0.2, 0.25) is 0 Å². The van der Waals surface area contributed by atoms with Gasteiger partial charge in [-0.05, 0) is 164 Å². The van der Waals surface area contributed by atoms with Gasteiger partial charge >= 0.3 is 0 Å². The highest BCUT2D eigenvalue weighted by molar-refractivity contribution is 6.20. The lowest BCUT2D eigenvalue weighted by Gasteiger charge is -2.53. The standard InChI is InChI=1S/C59H54N2/c1-39-23-28-45(29-24-39)60(43-17-11-9-12-18-43)47-32-27-41-36-53-54(37-42(41)35-47)59(57(3,4)5,58(6,7)8)56-51-34-33-48(38-52(51)49-21-15-16-22-50(49)55(53)56)61(44-19-13-10-14-20-44)46-30-25-40(2)26-31-46/h9-38H,1-8H3. The second-order valence-electron chi connectivity index (χ2n) is 19.2. The van der Waals surface area contributed by atoms with Crippen molar-refractivity contribution in [2.75, 3.05) is 9.80 Å². The maximum absolute atomic E-state index is 2.56. The van der Waals surface area contributed by atoms with Crippen LogP contribution in [-0.4, -0.2) is 0 Å². The summed E-state index contributed by atoms with van der Waals surface area (Å²) in [5, 5.41) is 7.71. The van der Waals surface area contributed by atoms with Crippen LogP contribution in [0.5, 0.6) is 0 Å². The number of anilines is 6. The predicted molar refractivity (Wildman–Crippen MR) is 263 cm³/mol. The Bertz CT molecular complexity index is 3080. The van der Waals surface area contributed by atoms with Crippen molar-refractivity contribution in [1.29, 1.82) is 0 Å². The van der Waals surface area contributed by atoms with Crippen molar-refractivity contribution in [3.63, 3.8) is 0 Å². The average Bonchev–Trinajstić information content (AvgIpc) is 3.57. The quantitative estimate of drug-likeness (QED) is 0.155. The smallest absolute Gasteiger partial charge is 0.0468 e. The minimum Gasteiger partial charge on any atom is -0.310 e. The van der Waals surface area contributed by atoms with Gasteiger partial charge in [0.1, 0.15) is 0 Å². The monoisotopic (exact) mass is 790 g/mol. The molecule has 0 aliphatic heterocycles. The molecule has 0 atom stereocenters. The van der Waals surface area contributed by atoms with Crippen LogP contribution in [0, 0.1) is 24.7 Å². The third kappa shape index (κ3) is 6.06. The van der Waals surface area contributed by atoms with Gasteiger partial charge in [0.15, 0.2) is 0 Å². The average molecular weight is 791 g/mol. The van der Waals surface area contributed by atoms with Gasteiger partial charge in [-0.2, -0.15) is 0 Å². The second-order valence-corrected chi connectivity index (χ2v) is 19.2. The molecule has 0 amide bonds. The maximum Gasteiger partial charge on any atom is 0.0468 e. The van der Waals surface area contributed by atoms with Gasteiger partial charge in [-0.25, -0.2) is 0 Å². The van der Waals surface area contributed by atoms with E-state index in [1.165, 1.54) is 65.7 Å². The zero-order valence-corrected chi connectivity index (χ0v) is 36.7. The lowest BCUT2D eigenvalue weighted by Crippen LogP contribution is -2.50. The molecule has 0 unspecified atom stereocenters. The van der Waals surface area contributed by atoms with E-state index in [4.69, 9.17) is 0 Å². The first-order valence-electron chi connectivity index (χ1n) is 21.8. The van der Waals surface area contributed by atoms with E-state index < -0.39 is 0 Å². The van der Waals surface area contributed by atoms with Crippen molar-refractivity contribution in [3.05, 3.63) is 204 Å². The highest BCUT2D eigenvalue weighted by Gasteiger charge is 2.58. The summed E-state index contributed by atoms with van der Waals surface area (Å²) in [6.07, 6.45) is 0. The Kier molecular flexibility index (Phi) is 9.00. The first-order chi connectivity index (χ1) is 29.3. The van der Waals surface area contributed by atoms with E-state index in [0.717, 1.165) is 34.1 Å². The van der Waals surface area contributed by atoms with Crippen LogP contribution in [-0.2, 0) is 5.41 Å². The van der Waals surface area contributed by atoms with Gasteiger partial charge in [0.25, 0.3) is 0 Å². The van der Waals surface area contributed by atoms with Gasteiger partial charge < -0.3 is 9.80 Å². The highest BCUT2D eigenvalue weighted by atomic mass is 15.1. The molecule has 61 heavy (non-hydrogen) atoms. The summed E-state index contributed by atoms with van der Waals surface area (Å²) in [6, 6.07) is 67.8. The Hall–Kier alpha value is -6.64. The molecule has 0 saturated carbocycles. The van der Waals surface area contributed by atoms with Crippen LogP contribution >= 0.6 is 0 Å². The number of aryl methyl sites for hydroxylation is 2. The summed E-state index contributed by atoms with van der Waals surface area (Å²) in [4.78, 5) is 4.78. The molecule has 1 aliphatic rings. The van der Waals surface area contributed by atoms with Crippen molar-refractivity contribution >= 4 is 66.4 Å². The molecule has 9 aromatic carbocycles. The van der Waals surface area contributed by atoms with Gasteiger partial charge in [-0.3, -0.25) is 0 Å². The van der Waals surface area contributed by atoms with Gasteiger partial charge in [-0.15, -0.1) is 0 Å². The van der Waals surface area contributed by atoms with E-state index in [2.05, 4.69) is 247 Å². The fourth-order valence-corrected chi connectivity index (χ4v) is 11.2. The Morgan fingerprint density at radius 2 is 0.820 bits per heavy atom. The number of nitrogens with zero attached hydrogens (tertiary/aromatic N) is 2. The van der Waals surface area contributed by atoms with E-state index in [0.29, 0.717) is 0 Å². The van der Waals surface area contributed by atoms with Crippen LogP contribution in [0.3, 0.4) is 0 Å². The molecule has 0 saturated heterocycles.